The van der Waals surface area contributed by atoms with E-state index < -0.39 is 5.41 Å². The average molecular weight is 351 g/mol. The quantitative estimate of drug-likeness (QED) is 0.889. The number of benzene rings is 1. The molecule has 0 spiro atoms. The van der Waals surface area contributed by atoms with Crippen LogP contribution in [-0.4, -0.2) is 10.9 Å². The van der Waals surface area contributed by atoms with Crippen molar-refractivity contribution in [3.63, 3.8) is 0 Å². The van der Waals surface area contributed by atoms with Gasteiger partial charge in [-0.25, -0.2) is 4.39 Å². The van der Waals surface area contributed by atoms with E-state index in [0.717, 1.165) is 30.6 Å². The zero-order valence-electron chi connectivity index (χ0n) is 14.0. The van der Waals surface area contributed by atoms with Crippen LogP contribution >= 0.6 is 0 Å². The number of nitrogens with one attached hydrogen (secondary N) is 2. The van der Waals surface area contributed by atoms with Crippen LogP contribution in [0.5, 0.6) is 0 Å². The maximum Gasteiger partial charge on any atom is 0.240 e. The Morgan fingerprint density at radius 3 is 3.08 bits per heavy atom. The first kappa shape index (κ1) is 15.5. The number of aromatic nitrogens is 1. The molecule has 26 heavy (non-hydrogen) atoms. The summed E-state index contributed by atoms with van der Waals surface area (Å²) in [5.41, 5.74) is 4.82. The minimum atomic E-state index is -0.817. The zero-order valence-corrected chi connectivity index (χ0v) is 14.0. The Bertz CT molecular complexity index is 914. The van der Waals surface area contributed by atoms with E-state index in [2.05, 4.69) is 15.8 Å². The summed E-state index contributed by atoms with van der Waals surface area (Å²) >= 11 is 0. The van der Waals surface area contributed by atoms with Crippen LogP contribution in [0.3, 0.4) is 0 Å². The fourth-order valence-corrected chi connectivity index (χ4v) is 4.76. The van der Waals surface area contributed by atoms with Crippen LogP contribution in [0.15, 0.2) is 60.1 Å². The van der Waals surface area contributed by atoms with Gasteiger partial charge in [0.25, 0.3) is 0 Å². The number of allylic oxidation sites excluding steroid dienone is 1. The number of hydroxylamine groups is 1. The number of fused-ring (bicyclic) bond motifs is 4. The Labute approximate surface area is 150 Å². The highest BCUT2D eigenvalue weighted by molar-refractivity contribution is 5.99. The van der Waals surface area contributed by atoms with Crippen molar-refractivity contribution in [2.45, 2.75) is 25.3 Å². The van der Waals surface area contributed by atoms with E-state index in [1.165, 1.54) is 17.7 Å². The van der Waals surface area contributed by atoms with Gasteiger partial charge in [-0.15, -0.1) is 5.48 Å². The van der Waals surface area contributed by atoms with Crippen molar-refractivity contribution in [2.24, 2.45) is 11.3 Å². The lowest BCUT2D eigenvalue weighted by Gasteiger charge is -2.35. The predicted octanol–water partition coefficient (Wildman–Crippen LogP) is 3.49. The molecule has 5 nitrogen and oxygen atoms in total. The molecule has 2 aromatic rings. The third kappa shape index (κ3) is 2.05. The molecule has 1 aliphatic heterocycles. The van der Waals surface area contributed by atoms with Gasteiger partial charge < -0.3 is 10.2 Å². The van der Waals surface area contributed by atoms with Gasteiger partial charge >= 0.3 is 0 Å². The van der Waals surface area contributed by atoms with Gasteiger partial charge in [-0.2, -0.15) is 0 Å². The molecule has 1 amide bonds. The third-order valence-corrected chi connectivity index (χ3v) is 5.84. The molecule has 1 saturated heterocycles. The molecule has 2 bridgehead atoms. The SMILES string of the molecule is O=C(Nc1cccc(F)c1)C12C(=C3CCC1C3)ONC2c1cccnc1. The Balaban J connectivity index is 1.58. The minimum absolute atomic E-state index is 0.156. The highest BCUT2D eigenvalue weighted by Crippen LogP contribution is 2.64. The van der Waals surface area contributed by atoms with Crippen LogP contribution in [0.25, 0.3) is 0 Å². The van der Waals surface area contributed by atoms with Gasteiger partial charge in [0.15, 0.2) is 0 Å². The van der Waals surface area contributed by atoms with Crippen molar-refractivity contribution in [3.05, 3.63) is 71.5 Å². The maximum atomic E-state index is 13.5. The second kappa shape index (κ2) is 5.64. The third-order valence-electron chi connectivity index (χ3n) is 5.84. The van der Waals surface area contributed by atoms with E-state index in [0.29, 0.717) is 5.69 Å². The molecule has 1 aromatic carbocycles. The highest BCUT2D eigenvalue weighted by Gasteiger charge is 2.66. The largest absolute Gasteiger partial charge is 0.411 e. The smallest absolute Gasteiger partial charge is 0.240 e. The standard InChI is InChI=1S/C20H18FN3O2/c21-15-4-1-5-16(10-15)23-19(25)20-14-7-6-12(9-14)18(20)26-24-17(20)13-3-2-8-22-11-13/h1-5,8,10-11,14,17,24H,6-7,9H2,(H,23,25). The van der Waals surface area contributed by atoms with Crippen LogP contribution in [0.1, 0.15) is 30.9 Å². The number of hydrogen-bond acceptors (Lipinski definition) is 4. The highest BCUT2D eigenvalue weighted by atomic mass is 19.1. The number of halogens is 1. The van der Waals surface area contributed by atoms with Crippen molar-refractivity contribution in [3.8, 4) is 0 Å². The lowest BCUT2D eigenvalue weighted by molar-refractivity contribution is -0.127. The predicted molar refractivity (Wildman–Crippen MR) is 93.0 cm³/mol. The van der Waals surface area contributed by atoms with E-state index in [9.17, 15) is 9.18 Å². The zero-order chi connectivity index (χ0) is 17.7. The normalized spacial score (nSPS) is 28.8. The summed E-state index contributed by atoms with van der Waals surface area (Å²) in [5.74, 6) is 0.380. The summed E-state index contributed by atoms with van der Waals surface area (Å²) in [6.07, 6.45) is 6.27. The van der Waals surface area contributed by atoms with Gasteiger partial charge in [-0.1, -0.05) is 12.1 Å². The molecule has 132 valence electrons. The molecule has 5 rings (SSSR count). The topological polar surface area (TPSA) is 63.2 Å². The van der Waals surface area contributed by atoms with Crippen molar-refractivity contribution in [2.75, 3.05) is 5.32 Å². The van der Waals surface area contributed by atoms with Gasteiger partial charge in [-0.05, 0) is 60.6 Å². The summed E-state index contributed by atoms with van der Waals surface area (Å²) in [6, 6.07) is 9.46. The Kier molecular flexibility index (Phi) is 3.37. The Morgan fingerprint density at radius 2 is 2.27 bits per heavy atom. The second-order valence-electron chi connectivity index (χ2n) is 7.15. The van der Waals surface area contributed by atoms with Crippen molar-refractivity contribution < 1.29 is 14.0 Å². The first-order valence-electron chi connectivity index (χ1n) is 8.81. The molecule has 0 radical (unpaired) electrons. The molecule has 2 heterocycles. The van der Waals surface area contributed by atoms with Crippen LogP contribution in [0.2, 0.25) is 0 Å². The second-order valence-corrected chi connectivity index (χ2v) is 7.15. The summed E-state index contributed by atoms with van der Waals surface area (Å²) in [4.78, 5) is 23.5. The molecular weight excluding hydrogens is 333 g/mol. The number of carbonyl (C=O) groups is 1. The molecular formula is C20H18FN3O2. The molecule has 3 atom stereocenters. The lowest BCUT2D eigenvalue weighted by atomic mass is 9.67. The van der Waals surface area contributed by atoms with Gasteiger partial charge in [0.2, 0.25) is 5.91 Å². The van der Waals surface area contributed by atoms with Crippen molar-refractivity contribution in [1.29, 1.82) is 0 Å². The van der Waals surface area contributed by atoms with Gasteiger partial charge in [0.1, 0.15) is 17.0 Å². The van der Waals surface area contributed by atoms with Gasteiger partial charge in [0, 0.05) is 18.1 Å². The molecule has 2 N–H and O–H groups in total. The number of pyridine rings is 1. The summed E-state index contributed by atoms with van der Waals surface area (Å²) < 4.78 is 13.5. The fourth-order valence-electron chi connectivity index (χ4n) is 4.76. The van der Waals surface area contributed by atoms with E-state index in [1.807, 2.05) is 12.1 Å². The van der Waals surface area contributed by atoms with E-state index in [-0.39, 0.29) is 23.7 Å². The summed E-state index contributed by atoms with van der Waals surface area (Å²) in [5, 5.41) is 2.92. The maximum absolute atomic E-state index is 13.5. The number of carbonyl (C=O) groups excluding carboxylic acids is 1. The average Bonchev–Trinajstić information content (AvgIpc) is 3.34. The van der Waals surface area contributed by atoms with Gasteiger partial charge in [-0.3, -0.25) is 9.78 Å². The molecule has 3 unspecified atom stereocenters. The number of hydrogen-bond donors (Lipinski definition) is 2. The Hall–Kier alpha value is -2.73. The number of nitrogens with zero attached hydrogens (tertiary/aromatic N) is 1. The van der Waals surface area contributed by atoms with Crippen LogP contribution in [0.4, 0.5) is 10.1 Å². The van der Waals surface area contributed by atoms with Crippen LogP contribution < -0.4 is 10.8 Å². The van der Waals surface area contributed by atoms with Crippen LogP contribution in [-0.2, 0) is 9.63 Å². The summed E-state index contributed by atoms with van der Waals surface area (Å²) in [6.45, 7) is 0. The summed E-state index contributed by atoms with van der Waals surface area (Å²) in [7, 11) is 0. The molecule has 2 fully saturated rings. The van der Waals surface area contributed by atoms with Crippen LogP contribution in [0, 0.1) is 17.2 Å². The lowest BCUT2D eigenvalue weighted by Crippen LogP contribution is -2.45. The molecule has 1 saturated carbocycles. The number of amides is 1. The van der Waals surface area contributed by atoms with E-state index >= 15 is 0 Å². The molecule has 1 aromatic heterocycles. The fraction of sp³-hybridized carbons (Fsp3) is 0.300. The van der Waals surface area contributed by atoms with Crippen molar-refractivity contribution in [1.82, 2.24) is 10.5 Å². The minimum Gasteiger partial charge on any atom is -0.411 e. The number of anilines is 1. The molecule has 3 aliphatic rings. The number of rotatable bonds is 3. The molecule has 6 heteroatoms. The van der Waals surface area contributed by atoms with Gasteiger partial charge in [0.05, 0.1) is 6.04 Å². The van der Waals surface area contributed by atoms with E-state index in [4.69, 9.17) is 4.84 Å². The first-order chi connectivity index (χ1) is 12.7. The Morgan fingerprint density at radius 1 is 1.35 bits per heavy atom. The monoisotopic (exact) mass is 351 g/mol. The van der Waals surface area contributed by atoms with E-state index in [1.54, 1.807) is 24.5 Å². The first-order valence-corrected chi connectivity index (χ1v) is 8.81. The van der Waals surface area contributed by atoms with Crippen molar-refractivity contribution >= 4 is 11.6 Å². The molecule has 2 aliphatic carbocycles.